The molecule has 0 aromatic rings. The standard InChI is InChI=1S/C17H32N2/c1-13(2)16-11-18-17(3,15-7-8-15)12-19(16)10-9-14-5-4-6-14/h13-16,18H,4-12H2,1-3H3. The van der Waals surface area contributed by atoms with Crippen molar-refractivity contribution < 1.29 is 0 Å². The molecule has 2 atom stereocenters. The molecule has 1 heterocycles. The first-order valence-electron chi connectivity index (χ1n) is 8.57. The van der Waals surface area contributed by atoms with Gasteiger partial charge in [-0.3, -0.25) is 4.90 Å². The third-order valence-electron chi connectivity index (χ3n) is 6.01. The summed E-state index contributed by atoms with van der Waals surface area (Å²) in [5, 5.41) is 3.89. The number of rotatable bonds is 5. The molecule has 2 unspecified atom stereocenters. The Kier molecular flexibility index (Phi) is 3.92. The fourth-order valence-electron chi connectivity index (χ4n) is 4.09. The molecule has 3 aliphatic rings. The number of nitrogens with one attached hydrogen (secondary N) is 1. The molecule has 1 saturated heterocycles. The van der Waals surface area contributed by atoms with Crippen molar-refractivity contribution in [3.63, 3.8) is 0 Å². The van der Waals surface area contributed by atoms with E-state index in [0.29, 0.717) is 5.54 Å². The van der Waals surface area contributed by atoms with Crippen molar-refractivity contribution in [3.8, 4) is 0 Å². The van der Waals surface area contributed by atoms with Crippen LogP contribution >= 0.6 is 0 Å². The van der Waals surface area contributed by atoms with E-state index < -0.39 is 0 Å². The summed E-state index contributed by atoms with van der Waals surface area (Å²) in [4.78, 5) is 2.83. The fourth-order valence-corrected chi connectivity index (χ4v) is 4.09. The summed E-state index contributed by atoms with van der Waals surface area (Å²) in [6, 6.07) is 0.756. The van der Waals surface area contributed by atoms with E-state index in [-0.39, 0.29) is 0 Å². The van der Waals surface area contributed by atoms with Gasteiger partial charge in [0.2, 0.25) is 0 Å². The highest BCUT2D eigenvalue weighted by molar-refractivity contribution is 5.04. The molecule has 2 aliphatic carbocycles. The summed E-state index contributed by atoms with van der Waals surface area (Å²) < 4.78 is 0. The lowest BCUT2D eigenvalue weighted by Gasteiger charge is -2.48. The van der Waals surface area contributed by atoms with Crippen LogP contribution in [0.15, 0.2) is 0 Å². The van der Waals surface area contributed by atoms with Gasteiger partial charge >= 0.3 is 0 Å². The molecule has 19 heavy (non-hydrogen) atoms. The van der Waals surface area contributed by atoms with Crippen LogP contribution < -0.4 is 5.32 Å². The highest BCUT2D eigenvalue weighted by atomic mass is 15.3. The molecule has 1 N–H and O–H groups in total. The smallest absolute Gasteiger partial charge is 0.0309 e. The van der Waals surface area contributed by atoms with Gasteiger partial charge in [0.15, 0.2) is 0 Å². The first-order chi connectivity index (χ1) is 9.08. The minimum atomic E-state index is 0.408. The molecule has 1 aliphatic heterocycles. The Bertz CT molecular complexity index is 306. The lowest BCUT2D eigenvalue weighted by molar-refractivity contribution is 0.0445. The third-order valence-corrected chi connectivity index (χ3v) is 6.01. The van der Waals surface area contributed by atoms with Gasteiger partial charge in [-0.1, -0.05) is 33.1 Å². The van der Waals surface area contributed by atoms with Crippen LogP contribution in [0, 0.1) is 17.8 Å². The molecule has 0 aromatic heterocycles. The monoisotopic (exact) mass is 264 g/mol. The van der Waals surface area contributed by atoms with Gasteiger partial charge in [0, 0.05) is 24.7 Å². The quantitative estimate of drug-likeness (QED) is 0.820. The summed E-state index contributed by atoms with van der Waals surface area (Å²) in [6.07, 6.45) is 8.83. The van der Waals surface area contributed by atoms with E-state index in [2.05, 4.69) is 31.0 Å². The molecule has 0 amide bonds. The first kappa shape index (κ1) is 13.9. The lowest BCUT2D eigenvalue weighted by atomic mass is 9.82. The maximum atomic E-state index is 3.89. The molecule has 110 valence electrons. The molecular weight excluding hydrogens is 232 g/mol. The Hall–Kier alpha value is -0.0800. The van der Waals surface area contributed by atoms with Gasteiger partial charge in [-0.2, -0.15) is 0 Å². The first-order valence-corrected chi connectivity index (χ1v) is 8.57. The van der Waals surface area contributed by atoms with Crippen molar-refractivity contribution in [2.24, 2.45) is 17.8 Å². The van der Waals surface area contributed by atoms with Crippen molar-refractivity contribution in [1.82, 2.24) is 10.2 Å². The SMILES string of the molecule is CC(C)C1CNC(C)(C2CC2)CN1CCC1CCC1. The van der Waals surface area contributed by atoms with Crippen molar-refractivity contribution in [3.05, 3.63) is 0 Å². The number of piperazine rings is 1. The number of nitrogens with zero attached hydrogens (tertiary/aromatic N) is 1. The zero-order valence-electron chi connectivity index (χ0n) is 13.1. The van der Waals surface area contributed by atoms with E-state index in [1.54, 1.807) is 0 Å². The van der Waals surface area contributed by atoms with Crippen molar-refractivity contribution in [1.29, 1.82) is 0 Å². The van der Waals surface area contributed by atoms with Crippen LogP contribution in [0.3, 0.4) is 0 Å². The van der Waals surface area contributed by atoms with Gasteiger partial charge in [-0.25, -0.2) is 0 Å². The van der Waals surface area contributed by atoms with Gasteiger partial charge in [0.25, 0.3) is 0 Å². The zero-order valence-corrected chi connectivity index (χ0v) is 13.1. The Labute approximate surface area is 119 Å². The number of hydrogen-bond acceptors (Lipinski definition) is 2. The summed E-state index contributed by atoms with van der Waals surface area (Å²) in [5.74, 6) is 2.78. The second-order valence-corrected chi connectivity index (χ2v) is 7.94. The van der Waals surface area contributed by atoms with Crippen LogP contribution in [0.5, 0.6) is 0 Å². The average Bonchev–Trinajstić information content (AvgIpc) is 3.10. The second kappa shape index (κ2) is 5.37. The van der Waals surface area contributed by atoms with E-state index in [1.165, 1.54) is 58.2 Å². The van der Waals surface area contributed by atoms with Crippen LogP contribution in [0.25, 0.3) is 0 Å². The summed E-state index contributed by atoms with van der Waals surface area (Å²) >= 11 is 0. The zero-order chi connectivity index (χ0) is 13.5. The highest BCUT2D eigenvalue weighted by Crippen LogP contribution is 2.42. The molecular formula is C17H32N2. The summed E-state index contributed by atoms with van der Waals surface area (Å²) in [5.41, 5.74) is 0.408. The highest BCUT2D eigenvalue weighted by Gasteiger charge is 2.46. The van der Waals surface area contributed by atoms with E-state index in [4.69, 9.17) is 0 Å². The van der Waals surface area contributed by atoms with Crippen LogP contribution in [0.4, 0.5) is 0 Å². The molecule has 3 fully saturated rings. The van der Waals surface area contributed by atoms with Gasteiger partial charge in [0.05, 0.1) is 0 Å². The van der Waals surface area contributed by atoms with Crippen LogP contribution in [0.2, 0.25) is 0 Å². The van der Waals surface area contributed by atoms with E-state index in [0.717, 1.165) is 23.8 Å². The Balaban J connectivity index is 1.59. The van der Waals surface area contributed by atoms with E-state index in [1.807, 2.05) is 0 Å². The Morgan fingerprint density at radius 1 is 1.21 bits per heavy atom. The fraction of sp³-hybridized carbons (Fsp3) is 1.00. The number of hydrogen-bond donors (Lipinski definition) is 1. The predicted molar refractivity (Wildman–Crippen MR) is 81.3 cm³/mol. The molecule has 0 radical (unpaired) electrons. The average molecular weight is 264 g/mol. The molecule has 2 saturated carbocycles. The van der Waals surface area contributed by atoms with Crippen LogP contribution in [0.1, 0.15) is 59.3 Å². The summed E-state index contributed by atoms with van der Waals surface area (Å²) in [7, 11) is 0. The minimum absolute atomic E-state index is 0.408. The van der Waals surface area contributed by atoms with Gasteiger partial charge < -0.3 is 5.32 Å². The third kappa shape index (κ3) is 3.00. The second-order valence-electron chi connectivity index (χ2n) is 7.94. The van der Waals surface area contributed by atoms with E-state index in [9.17, 15) is 0 Å². The van der Waals surface area contributed by atoms with Crippen molar-refractivity contribution >= 4 is 0 Å². The molecule has 2 nitrogen and oxygen atoms in total. The Morgan fingerprint density at radius 3 is 2.47 bits per heavy atom. The van der Waals surface area contributed by atoms with Crippen LogP contribution in [-0.2, 0) is 0 Å². The molecule has 0 spiro atoms. The van der Waals surface area contributed by atoms with Gasteiger partial charge in [-0.15, -0.1) is 0 Å². The Morgan fingerprint density at radius 2 is 1.95 bits per heavy atom. The summed E-state index contributed by atoms with van der Waals surface area (Å²) in [6.45, 7) is 11.1. The molecule has 0 aromatic carbocycles. The van der Waals surface area contributed by atoms with Gasteiger partial charge in [0.1, 0.15) is 0 Å². The van der Waals surface area contributed by atoms with Crippen LogP contribution in [-0.4, -0.2) is 36.1 Å². The maximum Gasteiger partial charge on any atom is 0.0309 e. The van der Waals surface area contributed by atoms with Gasteiger partial charge in [-0.05, 0) is 50.5 Å². The lowest BCUT2D eigenvalue weighted by Crippen LogP contribution is -2.65. The molecule has 2 heteroatoms. The van der Waals surface area contributed by atoms with E-state index >= 15 is 0 Å². The van der Waals surface area contributed by atoms with Crippen molar-refractivity contribution in [2.45, 2.75) is 70.9 Å². The maximum absolute atomic E-state index is 3.89. The predicted octanol–water partition coefficient (Wildman–Crippen LogP) is 3.28. The molecule has 3 rings (SSSR count). The minimum Gasteiger partial charge on any atom is -0.308 e. The van der Waals surface area contributed by atoms with Crippen molar-refractivity contribution in [2.75, 3.05) is 19.6 Å². The molecule has 0 bridgehead atoms. The largest absolute Gasteiger partial charge is 0.308 e. The normalized spacial score (nSPS) is 37.6. The topological polar surface area (TPSA) is 15.3 Å².